The Balaban J connectivity index is 2.04. The molecule has 172 valence electrons. The highest BCUT2D eigenvalue weighted by Gasteiger charge is 2.32. The minimum absolute atomic E-state index is 0.00129. The second kappa shape index (κ2) is 10.0. The van der Waals surface area contributed by atoms with Crippen LogP contribution in [0.4, 0.5) is 18.0 Å². The highest BCUT2D eigenvalue weighted by molar-refractivity contribution is 5.79. The first-order chi connectivity index (χ1) is 14.3. The van der Waals surface area contributed by atoms with Gasteiger partial charge in [0, 0.05) is 32.5 Å². The van der Waals surface area contributed by atoms with Crippen molar-refractivity contribution in [1.29, 1.82) is 0 Å². The number of rotatable bonds is 7. The number of nitrogens with one attached hydrogen (secondary N) is 2. The van der Waals surface area contributed by atoms with Gasteiger partial charge in [-0.1, -0.05) is 12.1 Å². The second-order valence-corrected chi connectivity index (χ2v) is 8.37. The summed E-state index contributed by atoms with van der Waals surface area (Å²) in [5.74, 6) is -0.567. The first kappa shape index (κ1) is 24.5. The lowest BCUT2D eigenvalue weighted by atomic mass is 10.0. The largest absolute Gasteiger partial charge is 0.444 e. The number of alkyl halides is 3. The number of alkyl carbamates (subject to hydrolysis) is 1. The van der Waals surface area contributed by atoms with E-state index < -0.39 is 35.4 Å². The molecule has 0 aliphatic carbocycles. The summed E-state index contributed by atoms with van der Waals surface area (Å²) < 4.78 is 44.4. The van der Waals surface area contributed by atoms with Crippen LogP contribution < -0.4 is 10.6 Å². The molecule has 1 aromatic rings. The Morgan fingerprint density at radius 2 is 1.94 bits per heavy atom. The Morgan fingerprint density at radius 3 is 2.52 bits per heavy atom. The molecule has 7 nitrogen and oxygen atoms in total. The van der Waals surface area contributed by atoms with Crippen molar-refractivity contribution >= 4 is 17.9 Å². The number of hydrogen-bond donors (Lipinski definition) is 2. The van der Waals surface area contributed by atoms with E-state index in [2.05, 4.69) is 10.6 Å². The zero-order chi connectivity index (χ0) is 23.2. The Labute approximate surface area is 179 Å². The van der Waals surface area contributed by atoms with Gasteiger partial charge in [-0.2, -0.15) is 13.2 Å². The Hall–Kier alpha value is -2.78. The van der Waals surface area contributed by atoms with Gasteiger partial charge in [0.25, 0.3) is 0 Å². The van der Waals surface area contributed by atoms with Crippen LogP contribution in [0.1, 0.15) is 57.2 Å². The van der Waals surface area contributed by atoms with Gasteiger partial charge in [-0.05, 0) is 44.9 Å². The maximum absolute atomic E-state index is 13.1. The lowest BCUT2D eigenvalue weighted by molar-refractivity contribution is -0.137. The number of carbonyl (C=O) groups excluding carboxylic acids is 3. The van der Waals surface area contributed by atoms with Crippen LogP contribution in [0.3, 0.4) is 0 Å². The Morgan fingerprint density at radius 1 is 1.23 bits per heavy atom. The van der Waals surface area contributed by atoms with Crippen LogP contribution in [-0.4, -0.2) is 48.0 Å². The molecule has 1 aliphatic rings. The fourth-order valence-corrected chi connectivity index (χ4v) is 3.14. The number of likely N-dealkylation sites (tertiary alicyclic amines) is 1. The molecule has 0 radical (unpaired) electrons. The van der Waals surface area contributed by atoms with Crippen LogP contribution in [0.15, 0.2) is 24.3 Å². The van der Waals surface area contributed by atoms with Crippen LogP contribution >= 0.6 is 0 Å². The summed E-state index contributed by atoms with van der Waals surface area (Å²) in [4.78, 5) is 37.6. The maximum Gasteiger partial charge on any atom is 0.416 e. The third kappa shape index (κ3) is 8.10. The highest BCUT2D eigenvalue weighted by atomic mass is 19.4. The molecule has 1 saturated heterocycles. The van der Waals surface area contributed by atoms with Crippen LogP contribution in [0.5, 0.6) is 0 Å². The first-order valence-electron chi connectivity index (χ1n) is 10.1. The van der Waals surface area contributed by atoms with Crippen molar-refractivity contribution in [2.45, 2.75) is 57.9 Å². The molecule has 2 N–H and O–H groups in total. The van der Waals surface area contributed by atoms with E-state index in [1.807, 2.05) is 0 Å². The van der Waals surface area contributed by atoms with E-state index in [-0.39, 0.29) is 31.0 Å². The first-order valence-corrected chi connectivity index (χ1v) is 10.1. The maximum atomic E-state index is 13.1. The molecular formula is C21H28F3N3O4. The Kier molecular flexibility index (Phi) is 7.91. The lowest BCUT2D eigenvalue weighted by Gasteiger charge is -2.26. The van der Waals surface area contributed by atoms with Crippen molar-refractivity contribution in [3.05, 3.63) is 35.4 Å². The number of nitrogens with zero attached hydrogens (tertiary/aromatic N) is 1. The van der Waals surface area contributed by atoms with Gasteiger partial charge in [0.1, 0.15) is 5.60 Å². The third-order valence-electron chi connectivity index (χ3n) is 4.55. The van der Waals surface area contributed by atoms with Gasteiger partial charge < -0.3 is 20.3 Å². The third-order valence-corrected chi connectivity index (χ3v) is 4.55. The van der Waals surface area contributed by atoms with E-state index >= 15 is 0 Å². The Bertz CT molecular complexity index is 806. The second-order valence-electron chi connectivity index (χ2n) is 8.37. The lowest BCUT2D eigenvalue weighted by Crippen LogP contribution is -2.40. The molecule has 0 bridgehead atoms. The van der Waals surface area contributed by atoms with E-state index in [4.69, 9.17) is 4.74 Å². The predicted molar refractivity (Wildman–Crippen MR) is 107 cm³/mol. The molecule has 31 heavy (non-hydrogen) atoms. The quantitative estimate of drug-likeness (QED) is 0.676. The molecule has 1 aliphatic heterocycles. The standard InChI is InChI=1S/C21H28F3N3O4/c1-20(2,3)31-19(30)25-10-9-17(28)26-16(13-27-11-5-8-18(27)29)14-6-4-7-15(12-14)21(22,23)24/h4,6-7,12,16H,5,8-11,13H2,1-3H3,(H,25,30)(H,26,28). The van der Waals surface area contributed by atoms with Crippen LogP contribution in [0.25, 0.3) is 0 Å². The summed E-state index contributed by atoms with van der Waals surface area (Å²) in [7, 11) is 0. The molecule has 1 unspecified atom stereocenters. The zero-order valence-corrected chi connectivity index (χ0v) is 17.8. The van der Waals surface area contributed by atoms with Crippen molar-refractivity contribution in [2.75, 3.05) is 19.6 Å². The summed E-state index contributed by atoms with van der Waals surface area (Å²) in [5, 5.41) is 5.15. The van der Waals surface area contributed by atoms with Gasteiger partial charge in [-0.25, -0.2) is 4.79 Å². The smallest absolute Gasteiger partial charge is 0.416 e. The molecule has 1 atom stereocenters. The van der Waals surface area contributed by atoms with Gasteiger partial charge in [0.05, 0.1) is 11.6 Å². The van der Waals surface area contributed by atoms with Gasteiger partial charge in [0.15, 0.2) is 0 Å². The number of carbonyl (C=O) groups is 3. The van der Waals surface area contributed by atoms with E-state index in [1.54, 1.807) is 20.8 Å². The van der Waals surface area contributed by atoms with Crippen molar-refractivity contribution in [1.82, 2.24) is 15.5 Å². The predicted octanol–water partition coefficient (Wildman–Crippen LogP) is 3.40. The van der Waals surface area contributed by atoms with Crippen LogP contribution in [-0.2, 0) is 20.5 Å². The fourth-order valence-electron chi connectivity index (χ4n) is 3.14. The minimum atomic E-state index is -4.52. The van der Waals surface area contributed by atoms with E-state index in [0.717, 1.165) is 12.1 Å². The molecule has 1 aromatic carbocycles. The molecule has 1 heterocycles. The minimum Gasteiger partial charge on any atom is -0.444 e. The number of ether oxygens (including phenoxy) is 1. The van der Waals surface area contributed by atoms with E-state index in [1.165, 1.54) is 17.0 Å². The van der Waals surface area contributed by atoms with Crippen molar-refractivity contribution in [3.8, 4) is 0 Å². The molecule has 2 rings (SSSR count). The molecule has 0 aromatic heterocycles. The summed E-state index contributed by atoms with van der Waals surface area (Å²) in [6, 6.07) is 3.88. The van der Waals surface area contributed by atoms with Gasteiger partial charge in [-0.15, -0.1) is 0 Å². The molecule has 1 fully saturated rings. The zero-order valence-electron chi connectivity index (χ0n) is 17.8. The summed E-state index contributed by atoms with van der Waals surface area (Å²) in [5.41, 5.74) is -1.25. The molecule has 3 amide bonds. The van der Waals surface area contributed by atoms with Crippen LogP contribution in [0, 0.1) is 0 Å². The van der Waals surface area contributed by atoms with Gasteiger partial charge in [0.2, 0.25) is 11.8 Å². The number of hydrogen-bond acceptors (Lipinski definition) is 4. The fraction of sp³-hybridized carbons (Fsp3) is 0.571. The van der Waals surface area contributed by atoms with Gasteiger partial charge >= 0.3 is 12.3 Å². The molecule has 0 saturated carbocycles. The highest BCUT2D eigenvalue weighted by Crippen LogP contribution is 2.31. The summed E-state index contributed by atoms with van der Waals surface area (Å²) in [6.45, 7) is 5.68. The average Bonchev–Trinajstić information content (AvgIpc) is 3.04. The van der Waals surface area contributed by atoms with Gasteiger partial charge in [-0.3, -0.25) is 9.59 Å². The molecule has 0 spiro atoms. The summed E-state index contributed by atoms with van der Waals surface area (Å²) in [6.07, 6.45) is -4.24. The van der Waals surface area contributed by atoms with E-state index in [0.29, 0.717) is 19.4 Å². The van der Waals surface area contributed by atoms with Crippen molar-refractivity contribution in [3.63, 3.8) is 0 Å². The molecular weight excluding hydrogens is 415 g/mol. The van der Waals surface area contributed by atoms with Crippen molar-refractivity contribution in [2.24, 2.45) is 0 Å². The number of amides is 3. The average molecular weight is 443 g/mol. The SMILES string of the molecule is CC(C)(C)OC(=O)NCCC(=O)NC(CN1CCCC1=O)c1cccc(C(F)(F)F)c1. The number of halogens is 3. The monoisotopic (exact) mass is 443 g/mol. The molecule has 10 heteroatoms. The van der Waals surface area contributed by atoms with E-state index in [9.17, 15) is 27.6 Å². The van der Waals surface area contributed by atoms with Crippen molar-refractivity contribution < 1.29 is 32.3 Å². The normalized spacial score (nSPS) is 15.5. The van der Waals surface area contributed by atoms with Crippen LogP contribution in [0.2, 0.25) is 0 Å². The summed E-state index contributed by atoms with van der Waals surface area (Å²) >= 11 is 0. The number of benzene rings is 1. The topological polar surface area (TPSA) is 87.7 Å².